The predicted octanol–water partition coefficient (Wildman–Crippen LogP) is 3.60. The smallest absolute Gasteiger partial charge is 0.244 e. The summed E-state index contributed by atoms with van der Waals surface area (Å²) in [7, 11) is -3.61. The summed E-state index contributed by atoms with van der Waals surface area (Å²) in [6, 6.07) is 14.5. The van der Waals surface area contributed by atoms with E-state index in [1.807, 2.05) is 37.3 Å². The van der Waals surface area contributed by atoms with Crippen LogP contribution in [0, 0.1) is 0 Å². The number of carbonyl (C=O) groups excluding carboxylic acids is 1. The molecule has 0 saturated carbocycles. The summed E-state index contributed by atoms with van der Waals surface area (Å²) in [5.74, 6) is -0.285. The summed E-state index contributed by atoms with van der Waals surface area (Å²) < 4.78 is 26.1. The van der Waals surface area contributed by atoms with Gasteiger partial charge in [0.15, 0.2) is 0 Å². The third kappa shape index (κ3) is 4.38. The highest BCUT2D eigenvalue weighted by molar-refractivity contribution is 7.92. The zero-order valence-corrected chi connectivity index (χ0v) is 17.5. The number of nitrogens with zero attached hydrogens (tertiary/aromatic N) is 1. The Bertz CT molecular complexity index is 939. The molecule has 1 N–H and O–H groups in total. The van der Waals surface area contributed by atoms with Crippen molar-refractivity contribution in [1.82, 2.24) is 5.32 Å². The summed E-state index contributed by atoms with van der Waals surface area (Å²) in [6.07, 6.45) is 4.89. The molecule has 0 aromatic heterocycles. The molecule has 1 amide bonds. The van der Waals surface area contributed by atoms with Gasteiger partial charge < -0.3 is 5.32 Å². The zero-order valence-electron chi connectivity index (χ0n) is 16.7. The molecule has 6 heteroatoms. The highest BCUT2D eigenvalue weighted by Gasteiger charge is 2.31. The second-order valence-corrected chi connectivity index (χ2v) is 9.27. The van der Waals surface area contributed by atoms with Crippen LogP contribution in [-0.4, -0.2) is 26.6 Å². The van der Waals surface area contributed by atoms with Crippen LogP contribution in [-0.2, 0) is 27.7 Å². The lowest BCUT2D eigenvalue weighted by molar-refractivity contribution is -0.122. The Morgan fingerprint density at radius 1 is 1.18 bits per heavy atom. The molecular weight excluding hydrogens is 372 g/mol. The Morgan fingerprint density at radius 3 is 2.50 bits per heavy atom. The van der Waals surface area contributed by atoms with Gasteiger partial charge in [0.1, 0.15) is 6.04 Å². The lowest BCUT2D eigenvalue weighted by Gasteiger charge is -2.31. The van der Waals surface area contributed by atoms with Gasteiger partial charge in [-0.15, -0.1) is 0 Å². The van der Waals surface area contributed by atoms with Crippen molar-refractivity contribution < 1.29 is 13.2 Å². The van der Waals surface area contributed by atoms with Gasteiger partial charge in [0.2, 0.25) is 15.9 Å². The Hall–Kier alpha value is -2.34. The van der Waals surface area contributed by atoms with Crippen LogP contribution in [0.2, 0.25) is 0 Å². The number of benzene rings is 2. The van der Waals surface area contributed by atoms with Gasteiger partial charge in [-0.1, -0.05) is 43.3 Å². The minimum Gasteiger partial charge on any atom is -0.347 e. The van der Waals surface area contributed by atoms with E-state index in [0.29, 0.717) is 5.69 Å². The van der Waals surface area contributed by atoms with Crippen molar-refractivity contribution >= 4 is 21.6 Å². The second-order valence-electron chi connectivity index (χ2n) is 7.41. The molecule has 2 aromatic carbocycles. The van der Waals surface area contributed by atoms with E-state index in [1.54, 1.807) is 19.1 Å². The van der Waals surface area contributed by atoms with Gasteiger partial charge in [-0.2, -0.15) is 0 Å². The Morgan fingerprint density at radius 2 is 1.86 bits per heavy atom. The summed E-state index contributed by atoms with van der Waals surface area (Å²) in [5, 5.41) is 3.07. The quantitative estimate of drug-likeness (QED) is 0.806. The van der Waals surface area contributed by atoms with Crippen LogP contribution >= 0.6 is 0 Å². The molecule has 5 nitrogen and oxygen atoms in total. The number of anilines is 1. The van der Waals surface area contributed by atoms with Crippen LogP contribution in [0.5, 0.6) is 0 Å². The standard InChI is InChI=1S/C22H28N2O3S/c1-4-17-12-14-19(15-13-17)24(28(3,26)27)16(2)22(25)23-21-11-7-9-18-8-5-6-10-20(18)21/h5-6,8,10,12-16,21H,4,7,9,11H2,1-3H3,(H,23,25)/t16-,21+/m0/s1. The molecule has 0 spiro atoms. The lowest BCUT2D eigenvalue weighted by Crippen LogP contribution is -2.49. The molecule has 3 rings (SSSR count). The normalized spacial score (nSPS) is 17.5. The molecule has 0 radical (unpaired) electrons. The van der Waals surface area contributed by atoms with Crippen molar-refractivity contribution in [2.75, 3.05) is 10.6 Å². The molecule has 2 atom stereocenters. The number of rotatable bonds is 6. The average molecular weight is 401 g/mol. The van der Waals surface area contributed by atoms with E-state index in [4.69, 9.17) is 0 Å². The van der Waals surface area contributed by atoms with E-state index in [-0.39, 0.29) is 11.9 Å². The SMILES string of the molecule is CCc1ccc(N([C@@H](C)C(=O)N[C@@H]2CCCc3ccccc32)S(C)(=O)=O)cc1. The maximum Gasteiger partial charge on any atom is 0.244 e. The number of nitrogens with one attached hydrogen (secondary N) is 1. The fraction of sp³-hybridized carbons (Fsp3) is 0.409. The first kappa shape index (κ1) is 20.4. The van der Waals surface area contributed by atoms with Gasteiger partial charge in [-0.05, 0) is 61.4 Å². The molecular formula is C22H28N2O3S. The van der Waals surface area contributed by atoms with Gasteiger partial charge in [0, 0.05) is 0 Å². The summed E-state index contributed by atoms with van der Waals surface area (Å²) >= 11 is 0. The van der Waals surface area contributed by atoms with Crippen molar-refractivity contribution in [3.05, 3.63) is 65.2 Å². The van der Waals surface area contributed by atoms with Crippen molar-refractivity contribution in [2.45, 2.75) is 51.6 Å². The van der Waals surface area contributed by atoms with Gasteiger partial charge in [-0.3, -0.25) is 9.10 Å². The Kier molecular flexibility index (Phi) is 6.08. The second kappa shape index (κ2) is 8.35. The molecule has 0 unspecified atom stereocenters. The van der Waals surface area contributed by atoms with Crippen LogP contribution in [0.15, 0.2) is 48.5 Å². The maximum absolute atomic E-state index is 13.0. The molecule has 150 valence electrons. The highest BCUT2D eigenvalue weighted by Crippen LogP contribution is 2.30. The zero-order chi connectivity index (χ0) is 20.3. The molecule has 0 fully saturated rings. The van der Waals surface area contributed by atoms with Gasteiger partial charge in [0.05, 0.1) is 18.0 Å². The summed E-state index contributed by atoms with van der Waals surface area (Å²) in [6.45, 7) is 3.68. The highest BCUT2D eigenvalue weighted by atomic mass is 32.2. The molecule has 0 aliphatic heterocycles. The van der Waals surface area contributed by atoms with Gasteiger partial charge in [0.25, 0.3) is 0 Å². The average Bonchev–Trinajstić information content (AvgIpc) is 2.68. The van der Waals surface area contributed by atoms with Crippen molar-refractivity contribution in [3.8, 4) is 0 Å². The molecule has 0 heterocycles. The van der Waals surface area contributed by atoms with Crippen molar-refractivity contribution in [3.63, 3.8) is 0 Å². The molecule has 0 bridgehead atoms. The van der Waals surface area contributed by atoms with Gasteiger partial charge >= 0.3 is 0 Å². The van der Waals surface area contributed by atoms with E-state index in [2.05, 4.69) is 11.4 Å². The lowest BCUT2D eigenvalue weighted by atomic mass is 9.87. The number of hydrogen-bond donors (Lipinski definition) is 1. The number of carbonyl (C=O) groups is 1. The van der Waals surface area contributed by atoms with Crippen LogP contribution in [0.3, 0.4) is 0 Å². The maximum atomic E-state index is 13.0. The van der Waals surface area contributed by atoms with E-state index in [0.717, 1.165) is 43.1 Å². The van der Waals surface area contributed by atoms with Crippen molar-refractivity contribution in [1.29, 1.82) is 0 Å². The number of amides is 1. The van der Waals surface area contributed by atoms with Crippen molar-refractivity contribution in [2.24, 2.45) is 0 Å². The molecule has 28 heavy (non-hydrogen) atoms. The minimum atomic E-state index is -3.61. The minimum absolute atomic E-state index is 0.0798. The number of sulfonamides is 1. The Balaban J connectivity index is 1.83. The van der Waals surface area contributed by atoms with Crippen LogP contribution < -0.4 is 9.62 Å². The van der Waals surface area contributed by atoms with E-state index >= 15 is 0 Å². The fourth-order valence-corrected chi connectivity index (χ4v) is 5.06. The van der Waals surface area contributed by atoms with E-state index < -0.39 is 16.1 Å². The van der Waals surface area contributed by atoms with Crippen LogP contribution in [0.1, 0.15) is 49.4 Å². The van der Waals surface area contributed by atoms with Crippen LogP contribution in [0.4, 0.5) is 5.69 Å². The van der Waals surface area contributed by atoms with E-state index in [1.165, 1.54) is 9.87 Å². The monoisotopic (exact) mass is 400 g/mol. The number of aryl methyl sites for hydroxylation is 2. The first-order chi connectivity index (χ1) is 13.3. The molecule has 1 aliphatic rings. The number of fused-ring (bicyclic) bond motifs is 1. The molecule has 1 aliphatic carbocycles. The summed E-state index contributed by atoms with van der Waals surface area (Å²) in [5.41, 5.74) is 4.01. The third-order valence-corrected chi connectivity index (χ3v) is 6.62. The van der Waals surface area contributed by atoms with E-state index in [9.17, 15) is 13.2 Å². The summed E-state index contributed by atoms with van der Waals surface area (Å²) in [4.78, 5) is 13.0. The first-order valence-corrected chi connectivity index (χ1v) is 11.6. The Labute approximate surface area is 167 Å². The largest absolute Gasteiger partial charge is 0.347 e. The first-order valence-electron chi connectivity index (χ1n) is 9.77. The molecule has 2 aromatic rings. The predicted molar refractivity (Wildman–Crippen MR) is 113 cm³/mol. The fourth-order valence-electron chi connectivity index (χ4n) is 3.88. The number of hydrogen-bond acceptors (Lipinski definition) is 3. The third-order valence-electron chi connectivity index (χ3n) is 5.37. The van der Waals surface area contributed by atoms with Crippen LogP contribution in [0.25, 0.3) is 0 Å². The topological polar surface area (TPSA) is 66.5 Å². The molecule has 0 saturated heterocycles. The van der Waals surface area contributed by atoms with Gasteiger partial charge in [-0.25, -0.2) is 8.42 Å².